The fourth-order valence-electron chi connectivity index (χ4n) is 0. The summed E-state index contributed by atoms with van der Waals surface area (Å²) in [5.74, 6) is 0. The summed E-state index contributed by atoms with van der Waals surface area (Å²) < 4.78 is 0. The van der Waals surface area contributed by atoms with Crippen molar-refractivity contribution in [3.8, 4) is 0 Å². The van der Waals surface area contributed by atoms with Gasteiger partial charge in [-0.3, -0.25) is 0 Å². The standard InChI is InChI=1S/Al.3Co.Li. The third-order valence-electron chi connectivity index (χ3n) is 0. The van der Waals surface area contributed by atoms with E-state index in [-0.39, 0.29) is 86.6 Å². The first-order valence-corrected chi connectivity index (χ1v) is 0. The fourth-order valence-corrected chi connectivity index (χ4v) is 0. The van der Waals surface area contributed by atoms with E-state index < -0.39 is 0 Å². The first kappa shape index (κ1) is 48.2. The van der Waals surface area contributed by atoms with Crippen LogP contribution in [-0.4, -0.2) is 36.2 Å². The summed E-state index contributed by atoms with van der Waals surface area (Å²) in [5.41, 5.74) is 0. The van der Waals surface area contributed by atoms with Crippen LogP contribution in [-0.2, 0) is 50.3 Å². The smallest absolute Gasteiger partial charge is 0 e. The molecule has 31 valence electrons. The van der Waals surface area contributed by atoms with Crippen LogP contribution in [0.3, 0.4) is 0 Å². The Morgan fingerprint density at radius 3 is 0.600 bits per heavy atom. The Labute approximate surface area is 85.5 Å². The summed E-state index contributed by atoms with van der Waals surface area (Å²) in [6.45, 7) is 0. The predicted molar refractivity (Wildman–Crippen MR) is 11.5 cm³/mol. The van der Waals surface area contributed by atoms with Gasteiger partial charge in [0.05, 0.1) is 0 Å². The van der Waals surface area contributed by atoms with Crippen LogP contribution in [0.5, 0.6) is 0 Å². The van der Waals surface area contributed by atoms with Gasteiger partial charge >= 0.3 is 0 Å². The van der Waals surface area contributed by atoms with Crippen LogP contribution in [0.15, 0.2) is 0 Å². The number of hydrogen-bond acceptors (Lipinski definition) is 0. The zero-order valence-electron chi connectivity index (χ0n) is 2.58. The molecule has 0 aliphatic carbocycles. The third kappa shape index (κ3) is 20.5. The van der Waals surface area contributed by atoms with Gasteiger partial charge in [-0.05, 0) is 0 Å². The van der Waals surface area contributed by atoms with Crippen LogP contribution in [0.1, 0.15) is 0 Å². The molecule has 0 atom stereocenters. The third-order valence-corrected chi connectivity index (χ3v) is 0. The first-order chi connectivity index (χ1) is 0. The Morgan fingerprint density at radius 2 is 0.600 bits per heavy atom. The minimum absolute atomic E-state index is 0. The summed E-state index contributed by atoms with van der Waals surface area (Å²) in [6.07, 6.45) is 0. The van der Waals surface area contributed by atoms with Gasteiger partial charge < -0.3 is 0 Å². The zero-order valence-corrected chi connectivity index (χ0v) is 6.86. The van der Waals surface area contributed by atoms with E-state index in [1.54, 1.807) is 0 Å². The van der Waals surface area contributed by atoms with Crippen LogP contribution < -0.4 is 0 Å². The molecule has 0 aromatic rings. The van der Waals surface area contributed by atoms with Gasteiger partial charge in [-0.25, -0.2) is 0 Å². The molecular formula is AlCo3Li. The summed E-state index contributed by atoms with van der Waals surface area (Å²) >= 11 is 0. The molecule has 5 heavy (non-hydrogen) atoms. The van der Waals surface area contributed by atoms with Crippen molar-refractivity contribution in [2.24, 2.45) is 0 Å². The van der Waals surface area contributed by atoms with Crippen molar-refractivity contribution in [3.63, 3.8) is 0 Å². The van der Waals surface area contributed by atoms with Gasteiger partial charge in [0, 0.05) is 86.6 Å². The molecule has 0 unspecified atom stereocenters. The quantitative estimate of drug-likeness (QED) is 0.461. The molecule has 0 nitrogen and oxygen atoms in total. The van der Waals surface area contributed by atoms with E-state index in [1.165, 1.54) is 0 Å². The van der Waals surface area contributed by atoms with Gasteiger partial charge in [0.1, 0.15) is 0 Å². The Morgan fingerprint density at radius 1 is 0.600 bits per heavy atom. The monoisotopic (exact) mass is 211 g/mol. The van der Waals surface area contributed by atoms with Crippen molar-refractivity contribution in [1.29, 1.82) is 0 Å². The van der Waals surface area contributed by atoms with E-state index in [0.717, 1.165) is 0 Å². The summed E-state index contributed by atoms with van der Waals surface area (Å²) in [4.78, 5) is 0. The second kappa shape index (κ2) is 30.2. The Kier molecular flexibility index (Phi) is 291. The largest absolute Gasteiger partial charge is 0 e. The fraction of sp³-hybridized carbons (Fsp3) is 0. The first-order valence-electron chi connectivity index (χ1n) is 0. The van der Waals surface area contributed by atoms with Crippen LogP contribution >= 0.6 is 0 Å². The van der Waals surface area contributed by atoms with Crippen molar-refractivity contribution >= 4 is 36.2 Å². The predicted octanol–water partition coefficient (Wildman–Crippen LogP) is -0.769. The Hall–Kier alpha value is 2.65. The molecule has 5 heteroatoms. The zero-order chi connectivity index (χ0) is 0. The van der Waals surface area contributed by atoms with Gasteiger partial charge in [0.15, 0.2) is 0 Å². The van der Waals surface area contributed by atoms with E-state index in [4.69, 9.17) is 0 Å². The summed E-state index contributed by atoms with van der Waals surface area (Å²) in [5, 5.41) is 0. The summed E-state index contributed by atoms with van der Waals surface area (Å²) in [6, 6.07) is 0. The summed E-state index contributed by atoms with van der Waals surface area (Å²) in [7, 11) is 0. The maximum Gasteiger partial charge on any atom is 0 e. The molecule has 0 aliphatic rings. The van der Waals surface area contributed by atoms with Gasteiger partial charge in [-0.15, -0.1) is 0 Å². The van der Waals surface area contributed by atoms with Crippen molar-refractivity contribution in [1.82, 2.24) is 0 Å². The van der Waals surface area contributed by atoms with Gasteiger partial charge in [-0.1, -0.05) is 0 Å². The normalized spacial score (nSPS) is 0. The molecule has 0 aromatic carbocycles. The average molecular weight is 211 g/mol. The van der Waals surface area contributed by atoms with E-state index in [1.807, 2.05) is 0 Å². The minimum Gasteiger partial charge on any atom is 0 e. The van der Waals surface area contributed by atoms with Crippen molar-refractivity contribution in [2.45, 2.75) is 0 Å². The van der Waals surface area contributed by atoms with E-state index in [0.29, 0.717) is 0 Å². The molecule has 0 saturated heterocycles. The number of hydrogen-bond donors (Lipinski definition) is 0. The molecule has 0 heterocycles. The van der Waals surface area contributed by atoms with Crippen LogP contribution in [0.2, 0.25) is 0 Å². The van der Waals surface area contributed by atoms with E-state index >= 15 is 0 Å². The molecule has 7 radical (unpaired) electrons. The molecule has 0 saturated carbocycles. The van der Waals surface area contributed by atoms with Crippen molar-refractivity contribution in [3.05, 3.63) is 0 Å². The van der Waals surface area contributed by atoms with E-state index in [9.17, 15) is 0 Å². The maximum absolute atomic E-state index is 0. The van der Waals surface area contributed by atoms with Crippen LogP contribution in [0, 0.1) is 0 Å². The topological polar surface area (TPSA) is 0 Å². The second-order valence-electron chi connectivity index (χ2n) is 0. The Bertz CT molecular complexity index is 6.85. The van der Waals surface area contributed by atoms with Gasteiger partial charge in [0.25, 0.3) is 0 Å². The molecular weight excluding hydrogens is 211 g/mol. The van der Waals surface area contributed by atoms with Gasteiger partial charge in [-0.2, -0.15) is 0 Å². The molecule has 0 aliphatic heterocycles. The minimum atomic E-state index is 0. The van der Waals surface area contributed by atoms with E-state index in [2.05, 4.69) is 0 Å². The molecule has 0 aromatic heterocycles. The van der Waals surface area contributed by atoms with Crippen molar-refractivity contribution in [2.75, 3.05) is 0 Å². The van der Waals surface area contributed by atoms with Crippen molar-refractivity contribution < 1.29 is 50.3 Å². The maximum atomic E-state index is 0. The molecule has 0 fully saturated rings. The van der Waals surface area contributed by atoms with Crippen LogP contribution in [0.4, 0.5) is 0 Å². The molecule has 0 N–H and O–H groups in total. The SMILES string of the molecule is [Al].[Co].[Co].[Co].[Li]. The molecule has 0 bridgehead atoms. The van der Waals surface area contributed by atoms with Crippen LogP contribution in [0.25, 0.3) is 0 Å². The molecule has 0 spiro atoms. The van der Waals surface area contributed by atoms with Gasteiger partial charge in [0.2, 0.25) is 0 Å². The molecule has 0 amide bonds. The average Bonchev–Trinajstić information content (AvgIpc) is 0. The number of rotatable bonds is 0. The second-order valence-corrected chi connectivity index (χ2v) is 0. The molecule has 0 rings (SSSR count). The Balaban J connectivity index is 0.